The number of morpholine rings is 2. The first kappa shape index (κ1) is 26.0. The van der Waals surface area contributed by atoms with Crippen LogP contribution in [0.3, 0.4) is 0 Å². The van der Waals surface area contributed by atoms with Crippen molar-refractivity contribution < 1.29 is 27.4 Å². The Morgan fingerprint density at radius 1 is 1.08 bits per heavy atom. The highest BCUT2D eigenvalue weighted by Gasteiger charge is 2.44. The number of carbonyl (C=O) groups excluding carboxylic acids is 1. The molecule has 5 rings (SSSR count). The summed E-state index contributed by atoms with van der Waals surface area (Å²) < 4.78 is 51.4. The molecule has 2 aromatic heterocycles. The third-order valence-electron chi connectivity index (χ3n) is 6.67. The third kappa shape index (κ3) is 5.76. The Hall–Kier alpha value is -3.64. The van der Waals surface area contributed by atoms with Gasteiger partial charge < -0.3 is 24.6 Å². The Labute approximate surface area is 218 Å². The molecule has 2 aliphatic rings. The van der Waals surface area contributed by atoms with Gasteiger partial charge in [0.15, 0.2) is 6.10 Å². The summed E-state index contributed by atoms with van der Waals surface area (Å²) in [6.45, 7) is 4.00. The molecule has 0 spiro atoms. The van der Waals surface area contributed by atoms with Crippen LogP contribution in [0.5, 0.6) is 0 Å². The first-order valence-electron chi connectivity index (χ1n) is 12.4. The summed E-state index contributed by atoms with van der Waals surface area (Å²) in [5.41, 5.74) is 4.87. The third-order valence-corrected chi connectivity index (χ3v) is 6.67. The van der Waals surface area contributed by atoms with Crippen molar-refractivity contribution in [1.82, 2.24) is 19.7 Å². The maximum Gasteiger partial charge on any atom is 0.416 e. The van der Waals surface area contributed by atoms with Crippen molar-refractivity contribution in [3.8, 4) is 22.4 Å². The maximum absolute atomic E-state index is 13.1. The standard InChI is InChI=1S/C26H29F3N6O3/c1-17-3-4-20(31-25(36)35-7-10-38-23(16-35)26(27,28)29)13-21(17)18-11-22(19-14-30-33(2)15-19)32-24(12-18)34-5-8-37-9-6-34/h3-4,11-15,23H,5-10,16H2,1-2H3,(H,31,36). The number of aryl methyl sites for hydroxylation is 2. The van der Waals surface area contributed by atoms with Crippen LogP contribution in [0, 0.1) is 6.92 Å². The molecule has 202 valence electrons. The lowest BCUT2D eigenvalue weighted by Crippen LogP contribution is -2.52. The van der Waals surface area contributed by atoms with Gasteiger partial charge in [-0.2, -0.15) is 18.3 Å². The summed E-state index contributed by atoms with van der Waals surface area (Å²) in [5, 5.41) is 7.04. The first-order chi connectivity index (χ1) is 18.2. The van der Waals surface area contributed by atoms with Gasteiger partial charge in [0.25, 0.3) is 0 Å². The van der Waals surface area contributed by atoms with Crippen LogP contribution in [0.15, 0.2) is 42.7 Å². The molecule has 1 aromatic carbocycles. The summed E-state index contributed by atoms with van der Waals surface area (Å²) in [6.07, 6.45) is -2.86. The first-order valence-corrected chi connectivity index (χ1v) is 12.4. The molecule has 0 saturated carbocycles. The predicted octanol–water partition coefficient (Wildman–Crippen LogP) is 4.09. The van der Waals surface area contributed by atoms with Crippen LogP contribution in [0.1, 0.15) is 5.56 Å². The highest BCUT2D eigenvalue weighted by Crippen LogP contribution is 2.33. The number of pyridine rings is 1. The second-order valence-electron chi connectivity index (χ2n) is 9.41. The number of benzene rings is 1. The van der Waals surface area contributed by atoms with E-state index in [1.807, 2.05) is 44.4 Å². The minimum atomic E-state index is -4.53. The molecule has 2 saturated heterocycles. The van der Waals surface area contributed by atoms with E-state index >= 15 is 0 Å². The normalized spacial score (nSPS) is 18.5. The maximum atomic E-state index is 13.1. The van der Waals surface area contributed by atoms with Gasteiger partial charge in [0.05, 0.1) is 38.3 Å². The van der Waals surface area contributed by atoms with Crippen molar-refractivity contribution in [2.24, 2.45) is 7.05 Å². The summed E-state index contributed by atoms with van der Waals surface area (Å²) in [7, 11) is 1.85. The van der Waals surface area contributed by atoms with Crippen LogP contribution in [0.25, 0.3) is 22.4 Å². The highest BCUT2D eigenvalue weighted by molar-refractivity contribution is 5.91. The minimum absolute atomic E-state index is 0.0822. The fraction of sp³-hybridized carbons (Fsp3) is 0.423. The van der Waals surface area contributed by atoms with E-state index in [0.29, 0.717) is 18.9 Å². The molecule has 2 amide bonds. The van der Waals surface area contributed by atoms with E-state index in [2.05, 4.69) is 15.3 Å². The number of aromatic nitrogens is 3. The Balaban J connectivity index is 1.44. The van der Waals surface area contributed by atoms with Crippen LogP contribution >= 0.6 is 0 Å². The van der Waals surface area contributed by atoms with Gasteiger partial charge in [0, 0.05) is 44.1 Å². The molecule has 0 radical (unpaired) electrons. The molecule has 1 unspecified atom stereocenters. The van der Waals surface area contributed by atoms with Gasteiger partial charge in [0.2, 0.25) is 0 Å². The van der Waals surface area contributed by atoms with E-state index in [4.69, 9.17) is 14.5 Å². The molecule has 2 aliphatic heterocycles. The number of urea groups is 1. The van der Waals surface area contributed by atoms with Crippen molar-refractivity contribution in [1.29, 1.82) is 0 Å². The second kappa shape index (κ2) is 10.6. The molecule has 3 aromatic rings. The topological polar surface area (TPSA) is 84.8 Å². The summed E-state index contributed by atoms with van der Waals surface area (Å²) in [6, 6.07) is 8.84. The van der Waals surface area contributed by atoms with E-state index in [-0.39, 0.29) is 13.2 Å². The van der Waals surface area contributed by atoms with Gasteiger partial charge in [-0.1, -0.05) is 6.07 Å². The van der Waals surface area contributed by atoms with Crippen LogP contribution in [-0.2, 0) is 16.5 Å². The van der Waals surface area contributed by atoms with Crippen LogP contribution < -0.4 is 10.2 Å². The Morgan fingerprint density at radius 2 is 1.87 bits per heavy atom. The summed E-state index contributed by atoms with van der Waals surface area (Å²) in [5.74, 6) is 0.810. The number of alkyl halides is 3. The minimum Gasteiger partial charge on any atom is -0.378 e. The molecule has 12 heteroatoms. The van der Waals surface area contributed by atoms with Gasteiger partial charge in [0.1, 0.15) is 5.82 Å². The molecule has 0 aliphatic carbocycles. The lowest BCUT2D eigenvalue weighted by molar-refractivity contribution is -0.233. The van der Waals surface area contributed by atoms with Gasteiger partial charge in [-0.25, -0.2) is 9.78 Å². The van der Waals surface area contributed by atoms with Crippen molar-refractivity contribution in [3.63, 3.8) is 0 Å². The van der Waals surface area contributed by atoms with E-state index in [1.54, 1.807) is 16.9 Å². The number of amides is 2. The zero-order valence-corrected chi connectivity index (χ0v) is 21.2. The molecule has 1 N–H and O–H groups in total. The smallest absolute Gasteiger partial charge is 0.378 e. The number of halogens is 3. The molecule has 1 atom stereocenters. The van der Waals surface area contributed by atoms with Crippen LogP contribution in [0.2, 0.25) is 0 Å². The van der Waals surface area contributed by atoms with Crippen molar-refractivity contribution in [3.05, 3.63) is 48.3 Å². The van der Waals surface area contributed by atoms with Crippen molar-refractivity contribution in [2.45, 2.75) is 19.2 Å². The van der Waals surface area contributed by atoms with E-state index < -0.39 is 24.9 Å². The molecular weight excluding hydrogens is 501 g/mol. The summed E-state index contributed by atoms with van der Waals surface area (Å²) >= 11 is 0. The number of hydrogen-bond donors (Lipinski definition) is 1. The summed E-state index contributed by atoms with van der Waals surface area (Å²) in [4.78, 5) is 21.0. The van der Waals surface area contributed by atoms with Crippen molar-refractivity contribution >= 4 is 17.5 Å². The van der Waals surface area contributed by atoms with E-state index in [9.17, 15) is 18.0 Å². The van der Waals surface area contributed by atoms with Gasteiger partial charge in [-0.3, -0.25) is 4.68 Å². The zero-order chi connectivity index (χ0) is 26.9. The number of hydrogen-bond acceptors (Lipinski definition) is 6. The molecule has 38 heavy (non-hydrogen) atoms. The van der Waals surface area contributed by atoms with Crippen LogP contribution in [-0.4, -0.2) is 84.0 Å². The largest absolute Gasteiger partial charge is 0.416 e. The lowest BCUT2D eigenvalue weighted by atomic mass is 9.98. The quantitative estimate of drug-likeness (QED) is 0.547. The zero-order valence-electron chi connectivity index (χ0n) is 21.2. The average molecular weight is 531 g/mol. The molecule has 9 nitrogen and oxygen atoms in total. The van der Waals surface area contributed by atoms with Gasteiger partial charge >= 0.3 is 12.2 Å². The molecule has 0 bridgehead atoms. The average Bonchev–Trinajstić information content (AvgIpc) is 3.36. The Kier molecular flexibility index (Phi) is 7.26. The molecular formula is C26H29F3N6O3. The second-order valence-corrected chi connectivity index (χ2v) is 9.41. The number of nitrogens with zero attached hydrogens (tertiary/aromatic N) is 5. The monoisotopic (exact) mass is 530 g/mol. The number of anilines is 2. The molecule has 2 fully saturated rings. The van der Waals surface area contributed by atoms with Crippen LogP contribution in [0.4, 0.5) is 29.5 Å². The number of carbonyl (C=O) groups is 1. The number of rotatable bonds is 4. The van der Waals surface area contributed by atoms with Gasteiger partial charge in [-0.05, 0) is 47.9 Å². The fourth-order valence-corrected chi connectivity index (χ4v) is 4.57. The highest BCUT2D eigenvalue weighted by atomic mass is 19.4. The lowest BCUT2D eigenvalue weighted by Gasteiger charge is -2.33. The number of nitrogens with one attached hydrogen (secondary N) is 1. The Morgan fingerprint density at radius 3 is 2.58 bits per heavy atom. The number of ether oxygens (including phenoxy) is 2. The van der Waals surface area contributed by atoms with E-state index in [1.165, 1.54) is 0 Å². The molecule has 4 heterocycles. The SMILES string of the molecule is Cc1ccc(NC(=O)N2CCOC(C(F)(F)F)C2)cc1-c1cc(-c2cnn(C)c2)nc(N2CCOCC2)c1. The van der Waals surface area contributed by atoms with E-state index in [0.717, 1.165) is 51.8 Å². The van der Waals surface area contributed by atoms with Gasteiger partial charge in [-0.15, -0.1) is 0 Å². The fourth-order valence-electron chi connectivity index (χ4n) is 4.57. The predicted molar refractivity (Wildman–Crippen MR) is 136 cm³/mol. The Bertz CT molecular complexity index is 1310. The van der Waals surface area contributed by atoms with Crippen molar-refractivity contribution in [2.75, 3.05) is 56.2 Å².